The van der Waals surface area contributed by atoms with E-state index in [9.17, 15) is 14.7 Å². The summed E-state index contributed by atoms with van der Waals surface area (Å²) in [6.07, 6.45) is 0.104. The van der Waals surface area contributed by atoms with Crippen LogP contribution >= 0.6 is 0 Å². The van der Waals surface area contributed by atoms with Crippen molar-refractivity contribution in [3.63, 3.8) is 0 Å². The summed E-state index contributed by atoms with van der Waals surface area (Å²) in [6.45, 7) is 9.58. The van der Waals surface area contributed by atoms with Crippen LogP contribution < -0.4 is 5.56 Å². The summed E-state index contributed by atoms with van der Waals surface area (Å²) in [5.41, 5.74) is 2.48. The molecule has 34 heavy (non-hydrogen) atoms. The fourth-order valence-corrected chi connectivity index (χ4v) is 4.55. The molecule has 1 atom stereocenters. The molecular formula is C26H27N3O5. The van der Waals surface area contributed by atoms with E-state index in [1.165, 1.54) is 0 Å². The highest BCUT2D eigenvalue weighted by atomic mass is 16.6. The molecule has 0 radical (unpaired) electrons. The third-order valence-electron chi connectivity index (χ3n) is 6.38. The number of hydrogen-bond donors (Lipinski definition) is 1. The normalized spacial score (nSPS) is 19.5. The van der Waals surface area contributed by atoms with Crippen LogP contribution in [0, 0.1) is 0 Å². The summed E-state index contributed by atoms with van der Waals surface area (Å²) in [5, 5.41) is 16.3. The van der Waals surface area contributed by atoms with Gasteiger partial charge in [0.05, 0.1) is 34.7 Å². The topological polar surface area (TPSA) is 103 Å². The van der Waals surface area contributed by atoms with Crippen LogP contribution in [0.25, 0.3) is 22.3 Å². The van der Waals surface area contributed by atoms with E-state index >= 15 is 0 Å². The molecule has 0 fully saturated rings. The molecule has 0 amide bonds. The van der Waals surface area contributed by atoms with Crippen molar-refractivity contribution in [2.75, 3.05) is 0 Å². The molecule has 2 aliphatic rings. The molecule has 0 spiro atoms. The van der Waals surface area contributed by atoms with E-state index in [4.69, 9.17) is 14.6 Å². The summed E-state index contributed by atoms with van der Waals surface area (Å²) >= 11 is 0. The maximum Gasteiger partial charge on any atom is 0.343 e. The average Bonchev–Trinajstić information content (AvgIpc) is 3.16. The molecule has 1 aromatic carbocycles. The van der Waals surface area contributed by atoms with E-state index in [0.29, 0.717) is 34.8 Å². The van der Waals surface area contributed by atoms with E-state index in [-0.39, 0.29) is 18.6 Å². The van der Waals surface area contributed by atoms with Gasteiger partial charge < -0.3 is 19.2 Å². The number of carbonyl (C=O) groups excluding carboxylic acids is 1. The summed E-state index contributed by atoms with van der Waals surface area (Å²) in [5.74, 6) is -0.732. The number of cyclic esters (lactones) is 1. The smallest absolute Gasteiger partial charge is 0.343 e. The quantitative estimate of drug-likeness (QED) is 0.284. The lowest BCUT2D eigenvalue weighted by molar-refractivity contribution is -0.172. The lowest BCUT2D eigenvalue weighted by atomic mass is 9.86. The van der Waals surface area contributed by atoms with Gasteiger partial charge in [-0.05, 0) is 46.2 Å². The Morgan fingerprint density at radius 1 is 1.29 bits per heavy atom. The van der Waals surface area contributed by atoms with Crippen molar-refractivity contribution in [1.82, 2.24) is 9.55 Å². The van der Waals surface area contributed by atoms with Crippen molar-refractivity contribution < 1.29 is 19.5 Å². The molecule has 3 aromatic rings. The maximum atomic E-state index is 13.3. The zero-order valence-electron chi connectivity index (χ0n) is 19.9. The van der Waals surface area contributed by atoms with Crippen LogP contribution in [0.1, 0.15) is 63.3 Å². The molecular weight excluding hydrogens is 434 g/mol. The van der Waals surface area contributed by atoms with Crippen molar-refractivity contribution in [1.29, 1.82) is 0 Å². The largest absolute Gasteiger partial charge is 0.458 e. The molecule has 0 bridgehead atoms. The monoisotopic (exact) mass is 461 g/mol. The fourth-order valence-electron chi connectivity index (χ4n) is 4.55. The second-order valence-electron chi connectivity index (χ2n) is 9.86. The zero-order chi connectivity index (χ0) is 24.4. The zero-order valence-corrected chi connectivity index (χ0v) is 19.9. The molecule has 8 heteroatoms. The molecule has 0 aliphatic carbocycles. The summed E-state index contributed by atoms with van der Waals surface area (Å²) in [7, 11) is 0. The van der Waals surface area contributed by atoms with Crippen LogP contribution in [0.15, 0.2) is 40.3 Å². The van der Waals surface area contributed by atoms with Gasteiger partial charge >= 0.3 is 5.97 Å². The van der Waals surface area contributed by atoms with Gasteiger partial charge in [-0.25, -0.2) is 9.78 Å². The first-order valence-corrected chi connectivity index (χ1v) is 11.4. The molecule has 8 nitrogen and oxygen atoms in total. The van der Waals surface area contributed by atoms with Gasteiger partial charge in [0.15, 0.2) is 5.60 Å². The van der Waals surface area contributed by atoms with Crippen molar-refractivity contribution >= 4 is 22.6 Å². The number of hydrogen-bond acceptors (Lipinski definition) is 7. The van der Waals surface area contributed by atoms with Gasteiger partial charge in [-0.15, -0.1) is 0 Å². The lowest BCUT2D eigenvalue weighted by Gasteiger charge is -2.31. The summed E-state index contributed by atoms with van der Waals surface area (Å²) in [6, 6.07) is 9.60. The van der Waals surface area contributed by atoms with Gasteiger partial charge in [-0.3, -0.25) is 4.79 Å². The second-order valence-corrected chi connectivity index (χ2v) is 9.86. The number of esters is 1. The van der Waals surface area contributed by atoms with Gasteiger partial charge in [0.25, 0.3) is 5.56 Å². The number of rotatable bonds is 3. The lowest BCUT2D eigenvalue weighted by Crippen LogP contribution is -2.44. The predicted octanol–water partition coefficient (Wildman–Crippen LogP) is 3.62. The molecule has 1 N–H and O–H groups in total. The van der Waals surface area contributed by atoms with Gasteiger partial charge in [-0.2, -0.15) is 0 Å². The molecule has 176 valence electrons. The van der Waals surface area contributed by atoms with Crippen molar-refractivity contribution in [2.24, 2.45) is 5.16 Å². The molecule has 5 rings (SSSR count). The first kappa shape index (κ1) is 22.3. The Balaban J connectivity index is 1.71. The molecule has 0 saturated heterocycles. The minimum atomic E-state index is -1.85. The molecule has 0 saturated carbocycles. The van der Waals surface area contributed by atoms with Crippen LogP contribution in [0.2, 0.25) is 0 Å². The minimum Gasteiger partial charge on any atom is -0.458 e. The van der Waals surface area contributed by atoms with E-state index < -0.39 is 17.2 Å². The Morgan fingerprint density at radius 3 is 2.76 bits per heavy atom. The predicted molar refractivity (Wildman–Crippen MR) is 128 cm³/mol. The van der Waals surface area contributed by atoms with E-state index in [1.807, 2.05) is 52.0 Å². The maximum absolute atomic E-state index is 13.3. The molecule has 4 heterocycles. The fraction of sp³-hybridized carbons (Fsp3) is 0.385. The Hall–Kier alpha value is -3.52. The van der Waals surface area contributed by atoms with E-state index in [1.54, 1.807) is 17.6 Å². The minimum absolute atomic E-state index is 0.104. The first-order chi connectivity index (χ1) is 16.0. The van der Waals surface area contributed by atoms with Crippen LogP contribution in [0.5, 0.6) is 0 Å². The number of oxime groups is 1. The van der Waals surface area contributed by atoms with Gasteiger partial charge in [0.1, 0.15) is 12.2 Å². The second kappa shape index (κ2) is 7.50. The number of ether oxygens (including phenoxy) is 1. The Morgan fingerprint density at radius 2 is 2.06 bits per heavy atom. The van der Waals surface area contributed by atoms with Crippen molar-refractivity contribution in [3.8, 4) is 11.4 Å². The van der Waals surface area contributed by atoms with Gasteiger partial charge in [0.2, 0.25) is 0 Å². The Kier molecular flexibility index (Phi) is 4.91. The molecule has 2 aromatic heterocycles. The number of nitrogens with zero attached hydrogens (tertiary/aromatic N) is 3. The number of para-hydroxylation sites is 1. The number of fused-ring (bicyclic) bond motifs is 5. The molecule has 0 unspecified atom stereocenters. The third-order valence-corrected chi connectivity index (χ3v) is 6.38. The average molecular weight is 462 g/mol. The first-order valence-electron chi connectivity index (χ1n) is 11.4. The van der Waals surface area contributed by atoms with Crippen LogP contribution in [0.3, 0.4) is 0 Å². The van der Waals surface area contributed by atoms with Gasteiger partial charge in [-0.1, -0.05) is 30.3 Å². The highest BCUT2D eigenvalue weighted by Crippen LogP contribution is 2.38. The number of pyridine rings is 2. The van der Waals surface area contributed by atoms with Crippen molar-refractivity contribution in [2.45, 2.75) is 65.4 Å². The molecule has 2 aliphatic heterocycles. The highest BCUT2D eigenvalue weighted by Gasteiger charge is 2.45. The van der Waals surface area contributed by atoms with E-state index in [2.05, 4.69) is 5.16 Å². The number of aromatic nitrogens is 2. The van der Waals surface area contributed by atoms with Crippen molar-refractivity contribution in [3.05, 3.63) is 62.9 Å². The SMILES string of the molecule is CC[C@@]1(O)C(=O)OCc2c1cc1n(c2=O)Cc2cc3cccc(/C(C)=N/OC(C)(C)C)c3nc2-1. The number of benzene rings is 1. The van der Waals surface area contributed by atoms with Crippen LogP contribution in [-0.4, -0.2) is 31.9 Å². The summed E-state index contributed by atoms with van der Waals surface area (Å²) in [4.78, 5) is 36.3. The number of aliphatic hydroxyl groups is 1. The Bertz CT molecular complexity index is 1450. The Labute approximate surface area is 196 Å². The van der Waals surface area contributed by atoms with Crippen LogP contribution in [0.4, 0.5) is 0 Å². The standard InChI is InChI=1S/C26H27N3O5/c1-6-26(32)19-11-20-22-16(12-29(20)23(30)18(19)13-33-24(26)31)10-15-8-7-9-17(21(15)27-22)14(2)28-34-25(3,4)5/h7-11,32H,6,12-13H2,1-5H3/b28-14+/t26-/m0/s1. The van der Waals surface area contributed by atoms with Gasteiger partial charge in [0, 0.05) is 22.1 Å². The van der Waals surface area contributed by atoms with E-state index in [0.717, 1.165) is 22.0 Å². The summed E-state index contributed by atoms with van der Waals surface area (Å²) < 4.78 is 6.77. The highest BCUT2D eigenvalue weighted by molar-refractivity contribution is 6.08. The third kappa shape index (κ3) is 3.32. The number of carbonyl (C=O) groups is 1. The van der Waals surface area contributed by atoms with Crippen LogP contribution in [-0.2, 0) is 33.1 Å².